The molecule has 0 aliphatic rings. The van der Waals surface area contributed by atoms with Crippen molar-refractivity contribution in [3.8, 4) is 17.6 Å². The van der Waals surface area contributed by atoms with Crippen molar-refractivity contribution in [2.24, 2.45) is 0 Å². The normalized spacial score (nSPS) is 9.64. The highest BCUT2D eigenvalue weighted by Gasteiger charge is 2.05. The van der Waals surface area contributed by atoms with Crippen molar-refractivity contribution in [1.82, 2.24) is 10.3 Å². The number of carbonyl (C=O) groups is 1. The van der Waals surface area contributed by atoms with Crippen molar-refractivity contribution in [3.63, 3.8) is 0 Å². The van der Waals surface area contributed by atoms with Crippen LogP contribution in [-0.2, 0) is 0 Å². The fourth-order valence-corrected chi connectivity index (χ4v) is 1.70. The third kappa shape index (κ3) is 4.21. The molecule has 22 heavy (non-hydrogen) atoms. The highest BCUT2D eigenvalue weighted by atomic mass is 16.5. The number of nitriles is 1. The summed E-state index contributed by atoms with van der Waals surface area (Å²) in [6.45, 7) is 0.715. The molecule has 0 saturated heterocycles. The number of nitrogens with zero attached hydrogens (tertiary/aromatic N) is 2. The Morgan fingerprint density at radius 1 is 1.23 bits per heavy atom. The Morgan fingerprint density at radius 2 is 1.95 bits per heavy atom. The number of amides is 1. The van der Waals surface area contributed by atoms with Crippen LogP contribution >= 0.6 is 0 Å². The second-order valence-corrected chi connectivity index (χ2v) is 4.32. The van der Waals surface area contributed by atoms with Crippen LogP contribution in [0.1, 0.15) is 16.1 Å². The van der Waals surface area contributed by atoms with Gasteiger partial charge in [0.1, 0.15) is 29.9 Å². The van der Waals surface area contributed by atoms with Gasteiger partial charge in [0.25, 0.3) is 5.91 Å². The lowest BCUT2D eigenvalue weighted by Gasteiger charge is -2.08. The molecule has 0 aliphatic heterocycles. The average Bonchev–Trinajstić information content (AvgIpc) is 2.59. The van der Waals surface area contributed by atoms with E-state index in [1.807, 2.05) is 6.07 Å². The third-order valence-electron chi connectivity index (χ3n) is 2.86. The molecule has 1 aromatic carbocycles. The zero-order valence-electron chi connectivity index (χ0n) is 12.1. The second-order valence-electron chi connectivity index (χ2n) is 4.32. The van der Waals surface area contributed by atoms with Gasteiger partial charge in [0.05, 0.1) is 19.2 Å². The van der Waals surface area contributed by atoms with E-state index in [-0.39, 0.29) is 11.6 Å². The zero-order chi connectivity index (χ0) is 15.8. The highest BCUT2D eigenvalue weighted by molar-refractivity contribution is 5.93. The molecule has 0 spiro atoms. The maximum atomic E-state index is 11.8. The summed E-state index contributed by atoms with van der Waals surface area (Å²) in [5.74, 6) is 1.21. The molecule has 1 aromatic heterocycles. The van der Waals surface area contributed by atoms with Crippen molar-refractivity contribution in [1.29, 1.82) is 5.26 Å². The van der Waals surface area contributed by atoms with Gasteiger partial charge in [0.2, 0.25) is 0 Å². The van der Waals surface area contributed by atoms with E-state index in [0.717, 1.165) is 5.75 Å². The number of pyridine rings is 1. The molecule has 1 heterocycles. The summed E-state index contributed by atoms with van der Waals surface area (Å²) in [7, 11) is 1.60. The van der Waals surface area contributed by atoms with Gasteiger partial charge < -0.3 is 14.8 Å². The standard InChI is InChI=1S/C16H15N3O3/c1-21-14-4-6-15(7-5-14)22-9-8-18-16(20)12-2-3-13(10-17)19-11-12/h2-7,11H,8-9H2,1H3,(H,18,20). The molecule has 0 saturated carbocycles. The van der Waals surface area contributed by atoms with E-state index in [1.165, 1.54) is 12.3 Å². The molecule has 2 rings (SSSR count). The lowest BCUT2D eigenvalue weighted by atomic mass is 10.2. The molecule has 0 unspecified atom stereocenters. The topological polar surface area (TPSA) is 84.2 Å². The first-order valence-corrected chi connectivity index (χ1v) is 6.64. The summed E-state index contributed by atoms with van der Waals surface area (Å²) >= 11 is 0. The molecule has 0 aliphatic carbocycles. The van der Waals surface area contributed by atoms with Crippen LogP contribution in [0.3, 0.4) is 0 Å². The van der Waals surface area contributed by atoms with Gasteiger partial charge in [-0.05, 0) is 36.4 Å². The SMILES string of the molecule is COc1ccc(OCCNC(=O)c2ccc(C#N)nc2)cc1. The van der Waals surface area contributed by atoms with Gasteiger partial charge in [0, 0.05) is 6.20 Å². The lowest BCUT2D eigenvalue weighted by molar-refractivity contribution is 0.0946. The number of nitrogens with one attached hydrogen (secondary N) is 1. The number of hydrogen-bond donors (Lipinski definition) is 1. The monoisotopic (exact) mass is 297 g/mol. The van der Waals surface area contributed by atoms with Crippen LogP contribution in [0.2, 0.25) is 0 Å². The minimum Gasteiger partial charge on any atom is -0.497 e. The summed E-state index contributed by atoms with van der Waals surface area (Å²) in [5, 5.41) is 11.4. The van der Waals surface area contributed by atoms with Crippen LogP contribution in [0.4, 0.5) is 0 Å². The van der Waals surface area contributed by atoms with Crippen molar-refractivity contribution in [3.05, 3.63) is 53.9 Å². The minimum atomic E-state index is -0.254. The number of hydrogen-bond acceptors (Lipinski definition) is 5. The lowest BCUT2D eigenvalue weighted by Crippen LogP contribution is -2.28. The maximum absolute atomic E-state index is 11.8. The van der Waals surface area contributed by atoms with Gasteiger partial charge in [-0.1, -0.05) is 0 Å². The van der Waals surface area contributed by atoms with E-state index in [9.17, 15) is 4.79 Å². The highest BCUT2D eigenvalue weighted by Crippen LogP contribution is 2.16. The first kappa shape index (κ1) is 15.3. The Labute approximate surface area is 128 Å². The predicted molar refractivity (Wildman–Crippen MR) is 79.8 cm³/mol. The Hall–Kier alpha value is -3.07. The predicted octanol–water partition coefficient (Wildman–Crippen LogP) is 1.77. The van der Waals surface area contributed by atoms with Gasteiger partial charge >= 0.3 is 0 Å². The largest absolute Gasteiger partial charge is 0.497 e. The minimum absolute atomic E-state index is 0.254. The number of ether oxygens (including phenoxy) is 2. The van der Waals surface area contributed by atoms with E-state index < -0.39 is 0 Å². The van der Waals surface area contributed by atoms with Crippen molar-refractivity contribution < 1.29 is 14.3 Å². The molecule has 6 heteroatoms. The van der Waals surface area contributed by atoms with Crippen LogP contribution in [0.15, 0.2) is 42.6 Å². The molecular weight excluding hydrogens is 282 g/mol. The zero-order valence-corrected chi connectivity index (χ0v) is 12.1. The van der Waals surface area contributed by atoms with Crippen molar-refractivity contribution >= 4 is 5.91 Å². The quantitative estimate of drug-likeness (QED) is 0.821. The molecule has 1 amide bonds. The van der Waals surface area contributed by atoms with Crippen LogP contribution in [0.25, 0.3) is 0 Å². The fraction of sp³-hybridized carbons (Fsp3) is 0.188. The van der Waals surface area contributed by atoms with Gasteiger partial charge in [-0.25, -0.2) is 4.98 Å². The van der Waals surface area contributed by atoms with Crippen LogP contribution in [0.5, 0.6) is 11.5 Å². The number of aromatic nitrogens is 1. The molecule has 112 valence electrons. The Kier molecular flexibility index (Phi) is 5.32. The third-order valence-corrected chi connectivity index (χ3v) is 2.86. The van der Waals surface area contributed by atoms with Gasteiger partial charge in [-0.15, -0.1) is 0 Å². The smallest absolute Gasteiger partial charge is 0.252 e. The van der Waals surface area contributed by atoms with Crippen LogP contribution in [-0.4, -0.2) is 31.2 Å². The first-order chi connectivity index (χ1) is 10.7. The molecule has 0 radical (unpaired) electrons. The molecule has 1 N–H and O–H groups in total. The molecule has 2 aromatic rings. The van der Waals surface area contributed by atoms with Crippen LogP contribution < -0.4 is 14.8 Å². The van der Waals surface area contributed by atoms with E-state index >= 15 is 0 Å². The molecule has 0 bridgehead atoms. The van der Waals surface area contributed by atoms with E-state index in [1.54, 1.807) is 37.4 Å². The van der Waals surface area contributed by atoms with Gasteiger partial charge in [-0.3, -0.25) is 4.79 Å². The molecule has 0 fully saturated rings. The number of rotatable bonds is 6. The van der Waals surface area contributed by atoms with Crippen molar-refractivity contribution in [2.75, 3.05) is 20.3 Å². The van der Waals surface area contributed by atoms with E-state index in [4.69, 9.17) is 14.7 Å². The second kappa shape index (κ2) is 7.64. The maximum Gasteiger partial charge on any atom is 0.252 e. The average molecular weight is 297 g/mol. The van der Waals surface area contributed by atoms with E-state index in [2.05, 4.69) is 10.3 Å². The van der Waals surface area contributed by atoms with Gasteiger partial charge in [0.15, 0.2) is 0 Å². The van der Waals surface area contributed by atoms with E-state index in [0.29, 0.717) is 24.5 Å². The summed E-state index contributed by atoms with van der Waals surface area (Å²) in [6.07, 6.45) is 1.37. The number of benzene rings is 1. The summed E-state index contributed by atoms with van der Waals surface area (Å²) in [4.78, 5) is 15.7. The molecule has 6 nitrogen and oxygen atoms in total. The summed E-state index contributed by atoms with van der Waals surface area (Å²) < 4.78 is 10.6. The Morgan fingerprint density at radius 3 is 2.55 bits per heavy atom. The Bertz CT molecular complexity index is 661. The summed E-state index contributed by atoms with van der Waals surface area (Å²) in [5.41, 5.74) is 0.683. The first-order valence-electron chi connectivity index (χ1n) is 6.64. The van der Waals surface area contributed by atoms with Crippen molar-refractivity contribution in [2.45, 2.75) is 0 Å². The number of carbonyl (C=O) groups excluding carboxylic acids is 1. The van der Waals surface area contributed by atoms with Gasteiger partial charge in [-0.2, -0.15) is 5.26 Å². The molecular formula is C16H15N3O3. The van der Waals surface area contributed by atoms with Crippen LogP contribution in [0, 0.1) is 11.3 Å². The number of methoxy groups -OCH3 is 1. The fourth-order valence-electron chi connectivity index (χ4n) is 1.70. The molecule has 0 atom stereocenters. The summed E-state index contributed by atoms with van der Waals surface area (Å²) in [6, 6.07) is 12.2. The Balaban J connectivity index is 1.75.